The topological polar surface area (TPSA) is 52.6 Å². The van der Waals surface area contributed by atoms with Crippen molar-refractivity contribution in [2.75, 3.05) is 13.7 Å². The first-order valence-electron chi connectivity index (χ1n) is 9.37. The van der Waals surface area contributed by atoms with E-state index in [9.17, 15) is 9.59 Å². The second-order valence-electron chi connectivity index (χ2n) is 6.84. The number of rotatable bonds is 6. The van der Waals surface area contributed by atoms with Crippen molar-refractivity contribution in [3.05, 3.63) is 101 Å². The molecule has 0 amide bonds. The molecule has 0 saturated carbocycles. The van der Waals surface area contributed by atoms with Crippen molar-refractivity contribution in [1.29, 1.82) is 0 Å². The van der Waals surface area contributed by atoms with Crippen LogP contribution < -0.4 is 9.47 Å². The number of ether oxygens (including phenoxy) is 2. The maximum absolute atomic E-state index is 12.5. The van der Waals surface area contributed by atoms with Crippen LogP contribution in [0.4, 0.5) is 0 Å². The highest BCUT2D eigenvalue weighted by Crippen LogP contribution is 2.28. The predicted molar refractivity (Wildman–Crippen MR) is 112 cm³/mol. The molecule has 0 fully saturated rings. The Labute approximate surface area is 169 Å². The number of fused-ring (bicyclic) bond motifs is 1. The van der Waals surface area contributed by atoms with E-state index in [1.165, 1.54) is 0 Å². The van der Waals surface area contributed by atoms with Gasteiger partial charge in [-0.3, -0.25) is 9.59 Å². The van der Waals surface area contributed by atoms with Crippen LogP contribution in [0, 0.1) is 0 Å². The SMILES string of the molecule is COc1ccc(C(=O)COc2ccc(/C=C3\Cc4ccccc4C3=O)cc2)cc1. The Hall–Kier alpha value is -3.66. The summed E-state index contributed by atoms with van der Waals surface area (Å²) in [5.41, 5.74) is 4.15. The zero-order valence-electron chi connectivity index (χ0n) is 16.1. The average molecular weight is 384 g/mol. The number of Topliss-reactive ketones (excluding diaryl/α,β-unsaturated/α-hetero) is 2. The summed E-state index contributed by atoms with van der Waals surface area (Å²) >= 11 is 0. The van der Waals surface area contributed by atoms with Gasteiger partial charge in [-0.25, -0.2) is 0 Å². The Morgan fingerprint density at radius 1 is 0.931 bits per heavy atom. The molecular formula is C25H20O4. The van der Waals surface area contributed by atoms with E-state index in [1.807, 2.05) is 42.5 Å². The second kappa shape index (κ2) is 8.15. The number of hydrogen-bond donors (Lipinski definition) is 0. The number of ketones is 2. The van der Waals surface area contributed by atoms with E-state index in [0.717, 1.165) is 22.3 Å². The van der Waals surface area contributed by atoms with Crippen LogP contribution in [0.5, 0.6) is 11.5 Å². The molecule has 4 rings (SSSR count). The second-order valence-corrected chi connectivity index (χ2v) is 6.84. The molecule has 0 aromatic heterocycles. The van der Waals surface area contributed by atoms with Gasteiger partial charge in [-0.15, -0.1) is 0 Å². The lowest BCUT2D eigenvalue weighted by molar-refractivity contribution is 0.0921. The molecule has 3 aromatic rings. The van der Waals surface area contributed by atoms with Crippen LogP contribution in [-0.2, 0) is 6.42 Å². The van der Waals surface area contributed by atoms with Crippen LogP contribution in [0.3, 0.4) is 0 Å². The molecule has 0 N–H and O–H groups in total. The summed E-state index contributed by atoms with van der Waals surface area (Å²) in [6.45, 7) is -0.0411. The molecule has 1 aliphatic rings. The highest BCUT2D eigenvalue weighted by molar-refractivity contribution is 6.15. The van der Waals surface area contributed by atoms with E-state index in [1.54, 1.807) is 43.5 Å². The fourth-order valence-electron chi connectivity index (χ4n) is 3.34. The van der Waals surface area contributed by atoms with E-state index in [4.69, 9.17) is 9.47 Å². The van der Waals surface area contributed by atoms with Crippen LogP contribution in [0.15, 0.2) is 78.4 Å². The van der Waals surface area contributed by atoms with E-state index in [0.29, 0.717) is 23.5 Å². The molecule has 4 nitrogen and oxygen atoms in total. The lowest BCUT2D eigenvalue weighted by Crippen LogP contribution is -2.11. The molecule has 0 radical (unpaired) electrons. The highest BCUT2D eigenvalue weighted by Gasteiger charge is 2.23. The summed E-state index contributed by atoms with van der Waals surface area (Å²) in [4.78, 5) is 24.7. The fourth-order valence-corrected chi connectivity index (χ4v) is 3.34. The van der Waals surface area contributed by atoms with Crippen LogP contribution in [0.25, 0.3) is 6.08 Å². The average Bonchev–Trinajstić information content (AvgIpc) is 3.08. The molecule has 1 aliphatic carbocycles. The molecular weight excluding hydrogens is 364 g/mol. The van der Waals surface area contributed by atoms with Gasteiger partial charge in [-0.2, -0.15) is 0 Å². The number of hydrogen-bond acceptors (Lipinski definition) is 4. The Morgan fingerprint density at radius 2 is 1.62 bits per heavy atom. The molecule has 144 valence electrons. The third kappa shape index (κ3) is 4.11. The van der Waals surface area contributed by atoms with Crippen LogP contribution >= 0.6 is 0 Å². The van der Waals surface area contributed by atoms with Gasteiger partial charge < -0.3 is 9.47 Å². The van der Waals surface area contributed by atoms with E-state index in [-0.39, 0.29) is 18.2 Å². The van der Waals surface area contributed by atoms with Crippen molar-refractivity contribution in [3.8, 4) is 11.5 Å². The summed E-state index contributed by atoms with van der Waals surface area (Å²) in [7, 11) is 1.58. The van der Waals surface area contributed by atoms with Crippen LogP contribution in [0.1, 0.15) is 31.8 Å². The Bertz CT molecular complexity index is 1080. The standard InChI is InChI=1S/C25H20O4/c1-28-21-12-8-18(9-13-21)24(26)16-29-22-10-6-17(7-11-22)14-20-15-19-4-2-3-5-23(19)25(20)27/h2-14H,15-16H2,1H3/b20-14+. The molecule has 3 aromatic carbocycles. The molecule has 0 atom stereocenters. The maximum Gasteiger partial charge on any atom is 0.200 e. The summed E-state index contributed by atoms with van der Waals surface area (Å²) < 4.78 is 10.7. The van der Waals surface area contributed by atoms with Gasteiger partial charge in [0.2, 0.25) is 0 Å². The Kier molecular flexibility index (Phi) is 5.25. The van der Waals surface area contributed by atoms with Gasteiger partial charge in [-0.05, 0) is 53.6 Å². The smallest absolute Gasteiger partial charge is 0.200 e. The molecule has 4 heteroatoms. The van der Waals surface area contributed by atoms with E-state index >= 15 is 0 Å². The Morgan fingerprint density at radius 3 is 2.31 bits per heavy atom. The summed E-state index contributed by atoms with van der Waals surface area (Å²) in [5, 5.41) is 0. The number of carbonyl (C=O) groups excluding carboxylic acids is 2. The van der Waals surface area contributed by atoms with Gasteiger partial charge in [0.25, 0.3) is 0 Å². The van der Waals surface area contributed by atoms with Gasteiger partial charge in [0.15, 0.2) is 18.2 Å². The minimum Gasteiger partial charge on any atom is -0.497 e. The zero-order chi connectivity index (χ0) is 20.2. The summed E-state index contributed by atoms with van der Waals surface area (Å²) in [6, 6.07) is 22.0. The largest absolute Gasteiger partial charge is 0.497 e. The van der Waals surface area contributed by atoms with Crippen LogP contribution in [0.2, 0.25) is 0 Å². The molecule has 0 saturated heterocycles. The normalized spacial score (nSPS) is 14.0. The molecule has 0 heterocycles. The molecule has 29 heavy (non-hydrogen) atoms. The van der Waals surface area contributed by atoms with Crippen LogP contribution in [-0.4, -0.2) is 25.3 Å². The molecule has 0 aliphatic heterocycles. The Balaban J connectivity index is 1.38. The molecule has 0 spiro atoms. The van der Waals surface area contributed by atoms with E-state index < -0.39 is 0 Å². The van der Waals surface area contributed by atoms with Crippen molar-refractivity contribution < 1.29 is 19.1 Å². The zero-order valence-corrected chi connectivity index (χ0v) is 16.1. The van der Waals surface area contributed by atoms with Crippen molar-refractivity contribution in [1.82, 2.24) is 0 Å². The molecule has 0 unspecified atom stereocenters. The summed E-state index contributed by atoms with van der Waals surface area (Å²) in [5.74, 6) is 1.30. The number of allylic oxidation sites excluding steroid dienone is 1. The highest BCUT2D eigenvalue weighted by atomic mass is 16.5. The molecule has 0 bridgehead atoms. The first kappa shape index (κ1) is 18.7. The quantitative estimate of drug-likeness (QED) is 0.453. The van der Waals surface area contributed by atoms with Crippen molar-refractivity contribution in [3.63, 3.8) is 0 Å². The van der Waals surface area contributed by atoms with E-state index in [2.05, 4.69) is 0 Å². The van der Waals surface area contributed by atoms with Gasteiger partial charge in [-0.1, -0.05) is 36.4 Å². The van der Waals surface area contributed by atoms with Crippen molar-refractivity contribution >= 4 is 17.6 Å². The lowest BCUT2D eigenvalue weighted by atomic mass is 10.1. The lowest BCUT2D eigenvalue weighted by Gasteiger charge is -2.07. The number of carbonyl (C=O) groups is 2. The first-order chi connectivity index (χ1) is 14.1. The first-order valence-corrected chi connectivity index (χ1v) is 9.37. The minimum absolute atomic E-state index is 0.0411. The van der Waals surface area contributed by atoms with Gasteiger partial charge >= 0.3 is 0 Å². The maximum atomic E-state index is 12.5. The van der Waals surface area contributed by atoms with Gasteiger partial charge in [0, 0.05) is 23.1 Å². The van der Waals surface area contributed by atoms with Crippen molar-refractivity contribution in [2.45, 2.75) is 6.42 Å². The van der Waals surface area contributed by atoms with Crippen molar-refractivity contribution in [2.24, 2.45) is 0 Å². The predicted octanol–water partition coefficient (Wildman–Crippen LogP) is 4.78. The number of methoxy groups -OCH3 is 1. The third-order valence-electron chi connectivity index (χ3n) is 4.94. The van der Waals surface area contributed by atoms with Gasteiger partial charge in [0.05, 0.1) is 7.11 Å². The summed E-state index contributed by atoms with van der Waals surface area (Å²) in [6.07, 6.45) is 2.57. The monoisotopic (exact) mass is 384 g/mol. The fraction of sp³-hybridized carbons (Fsp3) is 0.120. The number of benzene rings is 3. The van der Waals surface area contributed by atoms with Gasteiger partial charge in [0.1, 0.15) is 11.5 Å². The minimum atomic E-state index is -0.104. The third-order valence-corrected chi connectivity index (χ3v) is 4.94.